The van der Waals surface area contributed by atoms with Crippen LogP contribution in [0.25, 0.3) is 0 Å². The van der Waals surface area contributed by atoms with Crippen molar-refractivity contribution < 1.29 is 39.2 Å². The Bertz CT molecular complexity index is 931. The van der Waals surface area contributed by atoms with E-state index >= 15 is 0 Å². The third-order valence-corrected chi connectivity index (χ3v) is 5.90. The molecule has 3 rings (SSSR count). The Morgan fingerprint density at radius 3 is 2.45 bits per heavy atom. The molecule has 1 saturated heterocycles. The molecule has 31 heavy (non-hydrogen) atoms. The van der Waals surface area contributed by atoms with Crippen LogP contribution in [0.5, 0.6) is 5.75 Å². The van der Waals surface area contributed by atoms with E-state index in [-0.39, 0.29) is 35.5 Å². The number of nitrogens with one attached hydrogen (secondary N) is 2. The van der Waals surface area contributed by atoms with Gasteiger partial charge in [0.25, 0.3) is 5.91 Å². The van der Waals surface area contributed by atoms with E-state index in [4.69, 9.17) is 9.84 Å². The first-order chi connectivity index (χ1) is 14.7. The Kier molecular flexibility index (Phi) is 6.83. The molecule has 2 amide bonds. The lowest BCUT2D eigenvalue weighted by molar-refractivity contribution is -0.156. The molecule has 166 valence electrons. The van der Waals surface area contributed by atoms with Crippen molar-refractivity contribution in [3.8, 4) is 5.75 Å². The largest absolute Gasteiger partial charge is 0.480 e. The topological polar surface area (TPSA) is 166 Å². The van der Waals surface area contributed by atoms with Crippen molar-refractivity contribution in [1.29, 1.82) is 0 Å². The van der Waals surface area contributed by atoms with Crippen LogP contribution in [-0.2, 0) is 14.4 Å². The molecule has 0 saturated carbocycles. The SMILES string of the molecule is C[C@@H](O)[C@H]1C(=O)N2C(C(=O)O)=C(Oc3ccc(C(=O)NCCNCC(=O)O)cc3)S[C@H]12. The number of carbonyl (C=O) groups is 4. The summed E-state index contributed by atoms with van der Waals surface area (Å²) in [7, 11) is 0. The van der Waals surface area contributed by atoms with Crippen LogP contribution < -0.4 is 15.4 Å². The number of nitrogens with zero attached hydrogens (tertiary/aromatic N) is 1. The van der Waals surface area contributed by atoms with Crippen LogP contribution in [-0.4, -0.2) is 75.1 Å². The van der Waals surface area contributed by atoms with Gasteiger partial charge in [0.05, 0.1) is 18.6 Å². The molecule has 3 atom stereocenters. The van der Waals surface area contributed by atoms with Crippen LogP contribution in [0, 0.1) is 5.92 Å². The highest BCUT2D eigenvalue weighted by Crippen LogP contribution is 2.50. The zero-order chi connectivity index (χ0) is 22.7. The second-order valence-electron chi connectivity index (χ2n) is 6.88. The van der Waals surface area contributed by atoms with Gasteiger partial charge in [-0.15, -0.1) is 0 Å². The maximum atomic E-state index is 12.2. The molecule has 2 heterocycles. The van der Waals surface area contributed by atoms with Crippen molar-refractivity contribution in [2.45, 2.75) is 18.4 Å². The highest BCUT2D eigenvalue weighted by Gasteiger charge is 2.58. The van der Waals surface area contributed by atoms with E-state index in [1.807, 2.05) is 0 Å². The second-order valence-corrected chi connectivity index (χ2v) is 7.97. The third kappa shape index (κ3) is 4.81. The van der Waals surface area contributed by atoms with Crippen LogP contribution in [0.15, 0.2) is 35.1 Å². The molecule has 11 nitrogen and oxygen atoms in total. The fourth-order valence-corrected chi connectivity index (χ4v) is 4.63. The third-order valence-electron chi connectivity index (χ3n) is 4.66. The van der Waals surface area contributed by atoms with Gasteiger partial charge >= 0.3 is 11.9 Å². The van der Waals surface area contributed by atoms with Crippen molar-refractivity contribution in [1.82, 2.24) is 15.5 Å². The summed E-state index contributed by atoms with van der Waals surface area (Å²) in [5.41, 5.74) is 0.0674. The molecule has 1 aromatic carbocycles. The molecule has 0 bridgehead atoms. The average molecular weight is 451 g/mol. The normalized spacial score (nSPS) is 20.7. The fraction of sp³-hybridized carbons (Fsp3) is 0.368. The number of thioether (sulfide) groups is 1. The number of amides is 2. The smallest absolute Gasteiger partial charge is 0.357 e. The maximum Gasteiger partial charge on any atom is 0.357 e. The number of carbonyl (C=O) groups excluding carboxylic acids is 2. The number of rotatable bonds is 10. The van der Waals surface area contributed by atoms with Gasteiger partial charge in [0.2, 0.25) is 5.91 Å². The summed E-state index contributed by atoms with van der Waals surface area (Å²) >= 11 is 1.05. The van der Waals surface area contributed by atoms with Crippen molar-refractivity contribution >= 4 is 35.5 Å². The van der Waals surface area contributed by atoms with Gasteiger partial charge in [-0.25, -0.2) is 4.79 Å². The molecule has 2 aliphatic heterocycles. The zero-order valence-electron chi connectivity index (χ0n) is 16.4. The summed E-state index contributed by atoms with van der Waals surface area (Å²) in [5.74, 6) is -3.54. The summed E-state index contributed by atoms with van der Waals surface area (Å²) in [6, 6.07) is 5.98. The molecular formula is C19H21N3O8S. The van der Waals surface area contributed by atoms with E-state index in [1.165, 1.54) is 31.2 Å². The van der Waals surface area contributed by atoms with Crippen LogP contribution in [0.4, 0.5) is 0 Å². The van der Waals surface area contributed by atoms with Gasteiger partial charge in [-0.3, -0.25) is 19.3 Å². The van der Waals surface area contributed by atoms with Crippen LogP contribution in [0.1, 0.15) is 17.3 Å². The van der Waals surface area contributed by atoms with Crippen LogP contribution in [0.2, 0.25) is 0 Å². The standard InChI is InChI=1S/C19H21N3O8S/c1-9(23)13-16(27)22-14(18(28)29)19(31-17(13)22)30-11-4-2-10(3-5-11)15(26)21-7-6-20-8-12(24)25/h2-5,9,13,17,20,23H,6-8H2,1H3,(H,21,26)(H,24,25)(H,28,29)/t9-,13+,17-/m1/s1. The summed E-state index contributed by atoms with van der Waals surface area (Å²) in [5, 5.41) is 32.6. The highest BCUT2D eigenvalue weighted by molar-refractivity contribution is 8.03. The van der Waals surface area contributed by atoms with Gasteiger partial charge in [-0.05, 0) is 31.2 Å². The number of β-lactam (4-membered cyclic amide) rings is 1. The minimum absolute atomic E-state index is 0.0377. The number of carboxylic acid groups (broad SMARTS) is 2. The summed E-state index contributed by atoms with van der Waals surface area (Å²) < 4.78 is 5.67. The number of ether oxygens (including phenoxy) is 1. The van der Waals surface area contributed by atoms with Gasteiger partial charge in [0.1, 0.15) is 11.1 Å². The number of aliphatic hydroxyl groups excluding tert-OH is 1. The summed E-state index contributed by atoms with van der Waals surface area (Å²) in [6.45, 7) is 1.82. The molecule has 0 spiro atoms. The number of benzene rings is 1. The Morgan fingerprint density at radius 2 is 1.87 bits per heavy atom. The Hall–Kier alpha value is -3.09. The van der Waals surface area contributed by atoms with Gasteiger partial charge < -0.3 is 30.7 Å². The predicted molar refractivity (Wildman–Crippen MR) is 108 cm³/mol. The molecular weight excluding hydrogens is 430 g/mol. The van der Waals surface area contributed by atoms with Crippen molar-refractivity contribution in [2.24, 2.45) is 5.92 Å². The molecule has 12 heteroatoms. The van der Waals surface area contributed by atoms with E-state index in [2.05, 4.69) is 10.6 Å². The van der Waals surface area contributed by atoms with Crippen molar-refractivity contribution in [3.05, 3.63) is 40.6 Å². The molecule has 0 aliphatic carbocycles. The predicted octanol–water partition coefficient (Wildman–Crippen LogP) is -0.365. The molecule has 5 N–H and O–H groups in total. The molecule has 1 fully saturated rings. The fourth-order valence-electron chi connectivity index (χ4n) is 3.16. The highest BCUT2D eigenvalue weighted by atomic mass is 32.2. The average Bonchev–Trinajstić information content (AvgIpc) is 3.01. The van der Waals surface area contributed by atoms with Crippen LogP contribution in [0.3, 0.4) is 0 Å². The number of aliphatic hydroxyl groups is 1. The van der Waals surface area contributed by atoms with Gasteiger partial charge in [0, 0.05) is 18.7 Å². The molecule has 2 aliphatic rings. The Labute approximate surface area is 181 Å². The number of fused-ring (bicyclic) bond motifs is 1. The first-order valence-corrected chi connectivity index (χ1v) is 10.2. The molecule has 0 radical (unpaired) electrons. The minimum Gasteiger partial charge on any atom is -0.480 e. The van der Waals surface area contributed by atoms with Gasteiger partial charge in [-0.2, -0.15) is 0 Å². The number of hydrogen-bond acceptors (Lipinski definition) is 8. The Balaban J connectivity index is 1.61. The second kappa shape index (κ2) is 9.37. The number of aliphatic carboxylic acids is 2. The minimum atomic E-state index is -1.31. The Morgan fingerprint density at radius 1 is 1.19 bits per heavy atom. The first-order valence-electron chi connectivity index (χ1n) is 9.34. The van der Waals surface area contributed by atoms with E-state index in [0.29, 0.717) is 12.1 Å². The number of hydrogen-bond donors (Lipinski definition) is 5. The first kappa shape index (κ1) is 22.6. The summed E-state index contributed by atoms with van der Waals surface area (Å²) in [6.07, 6.45) is -0.909. The number of carboxylic acids is 2. The maximum absolute atomic E-state index is 12.2. The zero-order valence-corrected chi connectivity index (χ0v) is 17.2. The monoisotopic (exact) mass is 451 g/mol. The summed E-state index contributed by atoms with van der Waals surface area (Å²) in [4.78, 5) is 47.5. The van der Waals surface area contributed by atoms with E-state index in [1.54, 1.807) is 0 Å². The lowest BCUT2D eigenvalue weighted by Crippen LogP contribution is -2.60. The van der Waals surface area contributed by atoms with Crippen molar-refractivity contribution in [3.63, 3.8) is 0 Å². The van der Waals surface area contributed by atoms with E-state index in [9.17, 15) is 29.4 Å². The molecule has 0 aromatic heterocycles. The molecule has 0 unspecified atom stereocenters. The van der Waals surface area contributed by atoms with E-state index in [0.717, 1.165) is 16.7 Å². The van der Waals surface area contributed by atoms with Gasteiger partial charge in [0.15, 0.2) is 10.8 Å². The molecule has 1 aromatic rings. The lowest BCUT2D eigenvalue weighted by Gasteiger charge is -2.43. The quantitative estimate of drug-likeness (QED) is 0.234. The lowest BCUT2D eigenvalue weighted by atomic mass is 9.92. The van der Waals surface area contributed by atoms with E-state index < -0.39 is 35.2 Å². The van der Waals surface area contributed by atoms with Gasteiger partial charge in [-0.1, -0.05) is 11.8 Å². The van der Waals surface area contributed by atoms with Crippen LogP contribution >= 0.6 is 11.8 Å². The van der Waals surface area contributed by atoms with Crippen molar-refractivity contribution in [2.75, 3.05) is 19.6 Å².